The highest BCUT2D eigenvalue weighted by atomic mass is 35.5. The molecule has 0 saturated carbocycles. The summed E-state index contributed by atoms with van der Waals surface area (Å²) in [6.07, 6.45) is 3.45. The molecular weight excluding hydrogens is 216 g/mol. The predicted molar refractivity (Wildman–Crippen MR) is 63.9 cm³/mol. The molecule has 0 saturated heterocycles. The van der Waals surface area contributed by atoms with Gasteiger partial charge in [-0.3, -0.25) is 0 Å². The van der Waals surface area contributed by atoms with E-state index in [0.717, 1.165) is 13.0 Å². The SMILES string of the molecule is CCCCCNc1nc(N)nc(N)n1.Cl. The lowest BCUT2D eigenvalue weighted by Gasteiger charge is -2.04. The highest BCUT2D eigenvalue weighted by molar-refractivity contribution is 5.85. The molecule has 0 amide bonds. The first-order valence-electron chi connectivity index (χ1n) is 4.73. The molecule has 0 unspecified atom stereocenters. The summed E-state index contributed by atoms with van der Waals surface area (Å²) in [6, 6.07) is 0. The number of nitrogen functional groups attached to an aromatic ring is 2. The maximum absolute atomic E-state index is 5.41. The average Bonchev–Trinajstić information content (AvgIpc) is 2.11. The van der Waals surface area contributed by atoms with Crippen molar-refractivity contribution < 1.29 is 0 Å². The Morgan fingerprint density at radius 3 is 2.20 bits per heavy atom. The van der Waals surface area contributed by atoms with Gasteiger partial charge < -0.3 is 16.8 Å². The second-order valence-electron chi connectivity index (χ2n) is 3.01. The molecule has 1 aromatic rings. The van der Waals surface area contributed by atoms with Crippen LogP contribution in [0.5, 0.6) is 0 Å². The van der Waals surface area contributed by atoms with Gasteiger partial charge in [0.2, 0.25) is 17.8 Å². The highest BCUT2D eigenvalue weighted by Crippen LogP contribution is 2.03. The van der Waals surface area contributed by atoms with Gasteiger partial charge in [0, 0.05) is 6.54 Å². The van der Waals surface area contributed by atoms with E-state index in [1.165, 1.54) is 12.8 Å². The summed E-state index contributed by atoms with van der Waals surface area (Å²) in [5, 5.41) is 3.04. The summed E-state index contributed by atoms with van der Waals surface area (Å²) in [6.45, 7) is 2.98. The number of nitrogens with two attached hydrogens (primary N) is 2. The van der Waals surface area contributed by atoms with Crippen LogP contribution in [0, 0.1) is 0 Å². The zero-order valence-corrected chi connectivity index (χ0v) is 9.55. The number of rotatable bonds is 5. The number of hydrogen-bond acceptors (Lipinski definition) is 6. The Morgan fingerprint density at radius 2 is 1.67 bits per heavy atom. The summed E-state index contributed by atoms with van der Waals surface area (Å²) in [7, 11) is 0. The zero-order chi connectivity index (χ0) is 10.4. The second kappa shape index (κ2) is 7.05. The summed E-state index contributed by atoms with van der Waals surface area (Å²) in [5.74, 6) is 0.747. The number of nitrogens with zero attached hydrogens (tertiary/aromatic N) is 3. The van der Waals surface area contributed by atoms with Gasteiger partial charge in [0.15, 0.2) is 0 Å². The van der Waals surface area contributed by atoms with E-state index in [1.54, 1.807) is 0 Å². The molecule has 1 aromatic heterocycles. The van der Waals surface area contributed by atoms with Crippen LogP contribution in [0.3, 0.4) is 0 Å². The summed E-state index contributed by atoms with van der Waals surface area (Å²) in [5.41, 5.74) is 10.8. The largest absolute Gasteiger partial charge is 0.368 e. The molecule has 1 heterocycles. The number of hydrogen-bond donors (Lipinski definition) is 3. The van der Waals surface area contributed by atoms with Gasteiger partial charge in [-0.2, -0.15) is 15.0 Å². The molecule has 6 nitrogen and oxygen atoms in total. The van der Waals surface area contributed by atoms with Crippen molar-refractivity contribution in [3.05, 3.63) is 0 Å². The van der Waals surface area contributed by atoms with E-state index in [2.05, 4.69) is 27.2 Å². The Morgan fingerprint density at radius 1 is 1.07 bits per heavy atom. The highest BCUT2D eigenvalue weighted by Gasteiger charge is 1.99. The van der Waals surface area contributed by atoms with Gasteiger partial charge in [-0.15, -0.1) is 12.4 Å². The fourth-order valence-electron chi connectivity index (χ4n) is 1.06. The van der Waals surface area contributed by atoms with Gasteiger partial charge >= 0.3 is 0 Å². The molecule has 0 radical (unpaired) electrons. The minimum absolute atomic E-state index is 0. The Kier molecular flexibility index (Phi) is 6.44. The van der Waals surface area contributed by atoms with Gasteiger partial charge in [0.05, 0.1) is 0 Å². The maximum Gasteiger partial charge on any atom is 0.229 e. The Hall–Kier alpha value is -1.30. The van der Waals surface area contributed by atoms with Crippen molar-refractivity contribution in [3.8, 4) is 0 Å². The lowest BCUT2D eigenvalue weighted by Crippen LogP contribution is -2.10. The molecular formula is C8H17ClN6. The van der Waals surface area contributed by atoms with Crippen LogP contribution in [0.15, 0.2) is 0 Å². The van der Waals surface area contributed by atoms with E-state index in [1.807, 2.05) is 0 Å². The van der Waals surface area contributed by atoms with Crippen molar-refractivity contribution in [1.29, 1.82) is 0 Å². The topological polar surface area (TPSA) is 103 Å². The molecule has 0 atom stereocenters. The van der Waals surface area contributed by atoms with Crippen molar-refractivity contribution in [2.45, 2.75) is 26.2 Å². The Labute approximate surface area is 95.3 Å². The van der Waals surface area contributed by atoms with Crippen LogP contribution < -0.4 is 16.8 Å². The summed E-state index contributed by atoms with van der Waals surface area (Å²) in [4.78, 5) is 11.5. The molecule has 7 heteroatoms. The maximum atomic E-state index is 5.41. The number of halogens is 1. The van der Waals surface area contributed by atoms with E-state index >= 15 is 0 Å². The van der Waals surface area contributed by atoms with Gasteiger partial charge in [-0.05, 0) is 6.42 Å². The van der Waals surface area contributed by atoms with Crippen LogP contribution in [0.1, 0.15) is 26.2 Å². The Bertz CT molecular complexity index is 272. The van der Waals surface area contributed by atoms with Crippen molar-refractivity contribution >= 4 is 30.3 Å². The smallest absolute Gasteiger partial charge is 0.229 e. The molecule has 86 valence electrons. The normalized spacial score (nSPS) is 9.40. The quantitative estimate of drug-likeness (QED) is 0.656. The zero-order valence-electron chi connectivity index (χ0n) is 8.73. The molecule has 0 aliphatic heterocycles. The monoisotopic (exact) mass is 232 g/mol. The van der Waals surface area contributed by atoms with Crippen LogP contribution in [0.2, 0.25) is 0 Å². The van der Waals surface area contributed by atoms with Crippen molar-refractivity contribution in [2.24, 2.45) is 0 Å². The van der Waals surface area contributed by atoms with E-state index < -0.39 is 0 Å². The molecule has 0 aliphatic rings. The van der Waals surface area contributed by atoms with Crippen LogP contribution in [0.4, 0.5) is 17.8 Å². The molecule has 0 bridgehead atoms. The second-order valence-corrected chi connectivity index (χ2v) is 3.01. The molecule has 5 N–H and O–H groups in total. The molecule has 0 spiro atoms. The van der Waals surface area contributed by atoms with Gasteiger partial charge in [0.25, 0.3) is 0 Å². The first-order valence-corrected chi connectivity index (χ1v) is 4.73. The third-order valence-corrected chi connectivity index (χ3v) is 1.73. The minimum atomic E-state index is 0. The number of anilines is 3. The average molecular weight is 233 g/mol. The van der Waals surface area contributed by atoms with E-state index in [0.29, 0.717) is 5.95 Å². The molecule has 0 aliphatic carbocycles. The van der Waals surface area contributed by atoms with E-state index in [-0.39, 0.29) is 24.3 Å². The fourth-order valence-corrected chi connectivity index (χ4v) is 1.06. The van der Waals surface area contributed by atoms with Crippen molar-refractivity contribution in [3.63, 3.8) is 0 Å². The first kappa shape index (κ1) is 13.7. The van der Waals surface area contributed by atoms with Crippen LogP contribution in [-0.2, 0) is 0 Å². The van der Waals surface area contributed by atoms with E-state index in [4.69, 9.17) is 11.5 Å². The van der Waals surface area contributed by atoms with Crippen LogP contribution in [0.25, 0.3) is 0 Å². The summed E-state index contributed by atoms with van der Waals surface area (Å²) < 4.78 is 0. The number of unbranched alkanes of at least 4 members (excludes halogenated alkanes) is 2. The number of nitrogens with one attached hydrogen (secondary N) is 1. The fraction of sp³-hybridized carbons (Fsp3) is 0.625. The minimum Gasteiger partial charge on any atom is -0.368 e. The first-order chi connectivity index (χ1) is 6.72. The Balaban J connectivity index is 0.00000196. The molecule has 0 fully saturated rings. The standard InChI is InChI=1S/C8H16N6.ClH/c1-2-3-4-5-11-8-13-6(9)12-7(10)14-8;/h2-5H2,1H3,(H5,9,10,11,12,13,14);1H. The third kappa shape index (κ3) is 5.21. The predicted octanol–water partition coefficient (Wildman–Crippen LogP) is 1.06. The van der Waals surface area contributed by atoms with E-state index in [9.17, 15) is 0 Å². The number of aromatic nitrogens is 3. The van der Waals surface area contributed by atoms with Crippen LogP contribution >= 0.6 is 12.4 Å². The van der Waals surface area contributed by atoms with Crippen molar-refractivity contribution in [1.82, 2.24) is 15.0 Å². The molecule has 15 heavy (non-hydrogen) atoms. The van der Waals surface area contributed by atoms with Crippen LogP contribution in [-0.4, -0.2) is 21.5 Å². The molecule has 1 rings (SSSR count). The van der Waals surface area contributed by atoms with Gasteiger partial charge in [0.1, 0.15) is 0 Å². The van der Waals surface area contributed by atoms with Gasteiger partial charge in [-0.25, -0.2) is 0 Å². The van der Waals surface area contributed by atoms with Crippen molar-refractivity contribution in [2.75, 3.05) is 23.3 Å². The lowest BCUT2D eigenvalue weighted by molar-refractivity contribution is 0.740. The third-order valence-electron chi connectivity index (χ3n) is 1.73. The lowest BCUT2D eigenvalue weighted by atomic mass is 10.2. The van der Waals surface area contributed by atoms with Gasteiger partial charge in [-0.1, -0.05) is 19.8 Å². The molecule has 0 aromatic carbocycles. The summed E-state index contributed by atoms with van der Waals surface area (Å²) >= 11 is 0.